The van der Waals surface area contributed by atoms with Crippen molar-refractivity contribution in [2.75, 3.05) is 6.54 Å². The molecule has 0 saturated heterocycles. The van der Waals surface area contributed by atoms with Crippen LogP contribution in [0, 0.1) is 0 Å². The van der Waals surface area contributed by atoms with Crippen molar-refractivity contribution >= 4 is 23.4 Å². The average molecular weight is 240 g/mol. The molecule has 0 aromatic rings. The van der Waals surface area contributed by atoms with Crippen LogP contribution in [0.4, 0.5) is 0 Å². The Hall–Kier alpha value is -1.92. The van der Waals surface area contributed by atoms with E-state index in [-0.39, 0.29) is 36.5 Å². The minimum Gasteiger partial charge on any atom is -0.352 e. The van der Waals surface area contributed by atoms with Crippen molar-refractivity contribution in [2.24, 2.45) is 5.10 Å². The van der Waals surface area contributed by atoms with Gasteiger partial charge < -0.3 is 10.6 Å². The number of amides is 3. The minimum atomic E-state index is -0.427. The molecule has 7 nitrogen and oxygen atoms in total. The maximum absolute atomic E-state index is 11.5. The standard InChI is InChI=1S/C10H16N4O3/c1-6(2)12-9(16)5-11-10(17)7-3-4-8(15)14-13-7/h6H,3-5H2,1-2H3,(H,11,17)(H,12,16)(H,14,15). The van der Waals surface area contributed by atoms with Crippen LogP contribution in [-0.2, 0) is 14.4 Å². The third-order valence-electron chi connectivity index (χ3n) is 2.03. The van der Waals surface area contributed by atoms with Gasteiger partial charge in [-0.2, -0.15) is 5.10 Å². The van der Waals surface area contributed by atoms with E-state index in [1.165, 1.54) is 0 Å². The quantitative estimate of drug-likeness (QED) is 0.581. The highest BCUT2D eigenvalue weighted by Crippen LogP contribution is 1.99. The van der Waals surface area contributed by atoms with Gasteiger partial charge in [0.2, 0.25) is 11.8 Å². The minimum absolute atomic E-state index is 0.0331. The molecule has 0 fully saturated rings. The largest absolute Gasteiger partial charge is 0.352 e. The fourth-order valence-electron chi connectivity index (χ4n) is 1.27. The highest BCUT2D eigenvalue weighted by atomic mass is 16.2. The summed E-state index contributed by atoms with van der Waals surface area (Å²) in [7, 11) is 0. The summed E-state index contributed by atoms with van der Waals surface area (Å²) in [6.07, 6.45) is 0.536. The summed E-state index contributed by atoms with van der Waals surface area (Å²) < 4.78 is 0. The van der Waals surface area contributed by atoms with Gasteiger partial charge >= 0.3 is 0 Å². The summed E-state index contributed by atoms with van der Waals surface area (Å²) in [5.41, 5.74) is 2.46. The van der Waals surface area contributed by atoms with Gasteiger partial charge in [0.1, 0.15) is 5.71 Å². The summed E-state index contributed by atoms with van der Waals surface area (Å²) in [4.78, 5) is 33.6. The van der Waals surface area contributed by atoms with E-state index in [1.807, 2.05) is 13.8 Å². The lowest BCUT2D eigenvalue weighted by Gasteiger charge is -2.12. The Labute approximate surface area is 99.0 Å². The van der Waals surface area contributed by atoms with Crippen molar-refractivity contribution in [3.63, 3.8) is 0 Å². The number of hydrogen-bond acceptors (Lipinski definition) is 4. The van der Waals surface area contributed by atoms with E-state index in [4.69, 9.17) is 0 Å². The third kappa shape index (κ3) is 4.62. The molecule has 1 heterocycles. The number of hydrogen-bond donors (Lipinski definition) is 3. The van der Waals surface area contributed by atoms with Crippen molar-refractivity contribution < 1.29 is 14.4 Å². The molecule has 0 aromatic carbocycles. The average Bonchev–Trinajstić information content (AvgIpc) is 2.26. The van der Waals surface area contributed by atoms with Crippen LogP contribution in [0.3, 0.4) is 0 Å². The summed E-state index contributed by atoms with van der Waals surface area (Å²) in [6, 6.07) is 0.0331. The van der Waals surface area contributed by atoms with Crippen LogP contribution >= 0.6 is 0 Å². The molecule has 0 spiro atoms. The van der Waals surface area contributed by atoms with Crippen molar-refractivity contribution in [3.05, 3.63) is 0 Å². The molecule has 94 valence electrons. The van der Waals surface area contributed by atoms with Crippen LogP contribution in [0.5, 0.6) is 0 Å². The van der Waals surface area contributed by atoms with Gasteiger partial charge in [0.05, 0.1) is 6.54 Å². The van der Waals surface area contributed by atoms with Crippen molar-refractivity contribution in [1.82, 2.24) is 16.1 Å². The number of rotatable bonds is 4. The van der Waals surface area contributed by atoms with Gasteiger partial charge in [0.15, 0.2) is 0 Å². The lowest BCUT2D eigenvalue weighted by Crippen LogP contribution is -2.43. The van der Waals surface area contributed by atoms with Crippen molar-refractivity contribution in [3.8, 4) is 0 Å². The lowest BCUT2D eigenvalue weighted by atomic mass is 10.1. The zero-order valence-electron chi connectivity index (χ0n) is 9.87. The molecule has 0 bridgehead atoms. The van der Waals surface area contributed by atoms with Crippen LogP contribution < -0.4 is 16.1 Å². The van der Waals surface area contributed by atoms with E-state index in [9.17, 15) is 14.4 Å². The third-order valence-corrected chi connectivity index (χ3v) is 2.03. The van der Waals surface area contributed by atoms with Gasteiger partial charge in [0, 0.05) is 18.9 Å². The van der Waals surface area contributed by atoms with Crippen LogP contribution in [0.2, 0.25) is 0 Å². The second-order valence-electron chi connectivity index (χ2n) is 4.00. The van der Waals surface area contributed by atoms with Crippen LogP contribution in [0.25, 0.3) is 0 Å². The molecule has 0 unspecified atom stereocenters. The molecular formula is C10H16N4O3. The molecule has 0 aliphatic carbocycles. The normalized spacial score (nSPS) is 15.0. The molecule has 7 heteroatoms. The number of hydrazone groups is 1. The highest BCUT2D eigenvalue weighted by molar-refractivity contribution is 6.39. The van der Waals surface area contributed by atoms with Gasteiger partial charge in [-0.1, -0.05) is 0 Å². The van der Waals surface area contributed by atoms with Crippen LogP contribution in [0.1, 0.15) is 26.7 Å². The van der Waals surface area contributed by atoms with E-state index >= 15 is 0 Å². The molecule has 1 rings (SSSR count). The predicted octanol–water partition coefficient (Wildman–Crippen LogP) is -1.11. The monoisotopic (exact) mass is 240 g/mol. The fraction of sp³-hybridized carbons (Fsp3) is 0.600. The number of carbonyl (C=O) groups is 3. The molecule has 0 aromatic heterocycles. The van der Waals surface area contributed by atoms with Gasteiger partial charge in [0.25, 0.3) is 5.91 Å². The Morgan fingerprint density at radius 3 is 2.65 bits per heavy atom. The maximum atomic E-state index is 11.5. The molecule has 0 radical (unpaired) electrons. The summed E-state index contributed by atoms with van der Waals surface area (Å²) in [6.45, 7) is 3.57. The zero-order valence-corrected chi connectivity index (χ0v) is 9.87. The van der Waals surface area contributed by atoms with Gasteiger partial charge in [-0.15, -0.1) is 0 Å². The Morgan fingerprint density at radius 1 is 1.41 bits per heavy atom. The molecule has 1 aliphatic heterocycles. The van der Waals surface area contributed by atoms with Crippen molar-refractivity contribution in [2.45, 2.75) is 32.7 Å². The van der Waals surface area contributed by atoms with Gasteiger partial charge in [-0.3, -0.25) is 14.4 Å². The molecule has 0 atom stereocenters. The second kappa shape index (κ2) is 5.97. The highest BCUT2D eigenvalue weighted by Gasteiger charge is 2.18. The molecule has 17 heavy (non-hydrogen) atoms. The number of nitrogens with zero attached hydrogens (tertiary/aromatic N) is 1. The smallest absolute Gasteiger partial charge is 0.267 e. The lowest BCUT2D eigenvalue weighted by molar-refractivity contribution is -0.124. The topological polar surface area (TPSA) is 99.7 Å². The fourth-order valence-corrected chi connectivity index (χ4v) is 1.27. The van der Waals surface area contributed by atoms with E-state index < -0.39 is 5.91 Å². The zero-order chi connectivity index (χ0) is 12.8. The maximum Gasteiger partial charge on any atom is 0.267 e. The summed E-state index contributed by atoms with van der Waals surface area (Å²) >= 11 is 0. The first kappa shape index (κ1) is 13.1. The van der Waals surface area contributed by atoms with E-state index in [2.05, 4.69) is 21.2 Å². The van der Waals surface area contributed by atoms with Crippen molar-refractivity contribution in [1.29, 1.82) is 0 Å². The molecule has 3 N–H and O–H groups in total. The van der Waals surface area contributed by atoms with E-state index in [0.717, 1.165) is 0 Å². The number of nitrogens with one attached hydrogen (secondary N) is 3. The van der Waals surface area contributed by atoms with Gasteiger partial charge in [-0.25, -0.2) is 5.43 Å². The Morgan fingerprint density at radius 2 is 2.12 bits per heavy atom. The Kier molecular flexibility index (Phi) is 4.62. The molecular weight excluding hydrogens is 224 g/mol. The predicted molar refractivity (Wildman–Crippen MR) is 61.1 cm³/mol. The van der Waals surface area contributed by atoms with E-state index in [1.54, 1.807) is 0 Å². The second-order valence-corrected chi connectivity index (χ2v) is 4.00. The molecule has 1 aliphatic rings. The first-order chi connectivity index (χ1) is 7.99. The summed E-state index contributed by atoms with van der Waals surface area (Å²) in [5.74, 6) is -0.892. The van der Waals surface area contributed by atoms with Crippen LogP contribution in [0.15, 0.2) is 5.10 Å². The SMILES string of the molecule is CC(C)NC(=O)CNC(=O)C1=NNC(=O)CC1. The Bertz CT molecular complexity index is 363. The first-order valence-corrected chi connectivity index (χ1v) is 5.42. The van der Waals surface area contributed by atoms with Crippen LogP contribution in [-0.4, -0.2) is 36.0 Å². The molecule has 3 amide bonds. The molecule has 0 saturated carbocycles. The van der Waals surface area contributed by atoms with Gasteiger partial charge in [-0.05, 0) is 13.8 Å². The number of carbonyl (C=O) groups excluding carboxylic acids is 3. The summed E-state index contributed by atoms with van der Waals surface area (Å²) in [5, 5.41) is 8.71. The first-order valence-electron chi connectivity index (χ1n) is 5.42. The van der Waals surface area contributed by atoms with E-state index in [0.29, 0.717) is 6.42 Å². The Balaban J connectivity index is 2.35.